The van der Waals surface area contributed by atoms with E-state index in [4.69, 9.17) is 67.9 Å². The number of halogens is 5. The third-order valence-corrected chi connectivity index (χ3v) is 19.6. The average molecular weight is 1680 g/mol. The molecule has 0 amide bonds. The number of nitriles is 2. The smallest absolute Gasteiger partial charge is 0.457 e. The molecule has 620 valence electrons. The summed E-state index contributed by atoms with van der Waals surface area (Å²) in [7, 11) is -11.8. The van der Waals surface area contributed by atoms with Crippen molar-refractivity contribution in [2.75, 3.05) is 0 Å². The van der Waals surface area contributed by atoms with Crippen molar-refractivity contribution in [2.24, 2.45) is 0 Å². The minimum absolute atomic E-state index is 0.00233. The highest BCUT2D eigenvalue weighted by Gasteiger charge is 2.48. The Hall–Kier alpha value is -12.0. The molecule has 11 N–H and O–H groups in total. The molecule has 0 aromatic heterocycles. The predicted octanol–water partition coefficient (Wildman–Crippen LogP) is 4.77. The van der Waals surface area contributed by atoms with Crippen LogP contribution < -0.4 is 63.4 Å². The summed E-state index contributed by atoms with van der Waals surface area (Å²) in [5.74, 6) is -0.249. The van der Waals surface area contributed by atoms with Crippen molar-refractivity contribution in [1.29, 1.82) is 10.5 Å². The van der Waals surface area contributed by atoms with Gasteiger partial charge < -0.3 is 107 Å². The van der Waals surface area contributed by atoms with E-state index in [2.05, 4.69) is 17.0 Å². The second kappa shape index (κ2) is 43.3. The molecule has 0 unspecified atom stereocenters. The van der Waals surface area contributed by atoms with Crippen LogP contribution in [0.25, 0.3) is 4.85 Å². The Kier molecular flexibility index (Phi) is 31.9. The molecule has 0 bridgehead atoms. The highest BCUT2D eigenvalue weighted by Crippen LogP contribution is 2.30. The number of benzene rings is 12. The van der Waals surface area contributed by atoms with Crippen LogP contribution in [0, 0.1) is 65.2 Å². The number of hydrogen-bond donors (Lipinski definition) is 11. The Balaban J connectivity index is 0.000000180. The number of hydrogen-bond acceptors (Lipinski definition) is 24. The van der Waals surface area contributed by atoms with Crippen LogP contribution in [0.1, 0.15) is 66.8 Å². The SMILES string of the molecule is Cc1ccc(B2OB(c3ccc(F)cc3CO)OB(c3ccc(F)cc3CO)O2)c(CO)c1.OCc1cc(F)ccc1B(O)OB(OB(O)c1ccc(F)cc1CO)c1ccc(F)cc1CO.[C-]#[N+]c1ccc(Oc2ccc(B3OB(c4ccc(Oc5ccc(C#N)cc5)cc4CO)OB(c4ccc(Oc5ccc(C#N)cc5)cc4CO)O3)c(CO)c2)cc1. The first kappa shape index (κ1) is 91.2. The lowest BCUT2D eigenvalue weighted by molar-refractivity contribution is 0.276. The van der Waals surface area contributed by atoms with Gasteiger partial charge in [0.25, 0.3) is 0 Å². The molecule has 2 aliphatic rings. The van der Waals surface area contributed by atoms with Gasteiger partial charge >= 0.3 is 64.1 Å². The largest absolute Gasteiger partial charge is 0.478 e. The highest BCUT2D eigenvalue weighted by atomic mass is 19.1. The predicted molar refractivity (Wildman–Crippen MR) is 453 cm³/mol. The first-order valence-electron chi connectivity index (χ1n) is 38.1. The van der Waals surface area contributed by atoms with E-state index in [0.717, 1.165) is 42.0 Å². The quantitative estimate of drug-likeness (QED) is 0.0179. The molecule has 2 heterocycles. The van der Waals surface area contributed by atoms with Crippen molar-refractivity contribution in [2.45, 2.75) is 66.4 Å². The van der Waals surface area contributed by atoms with Gasteiger partial charge in [-0.15, -0.1) is 0 Å². The zero-order valence-corrected chi connectivity index (χ0v) is 65.7. The maximum Gasteiger partial charge on any atom is 0.478 e. The summed E-state index contributed by atoms with van der Waals surface area (Å²) in [6.45, 7) is 4.87. The Bertz CT molecular complexity index is 5370. The Morgan fingerprint density at radius 1 is 0.315 bits per heavy atom. The van der Waals surface area contributed by atoms with Gasteiger partial charge in [-0.25, -0.2) is 26.8 Å². The first-order chi connectivity index (χ1) is 60.1. The van der Waals surface area contributed by atoms with Crippen molar-refractivity contribution in [3.8, 4) is 46.6 Å². The van der Waals surface area contributed by atoms with Crippen LogP contribution in [0.2, 0.25) is 0 Å². The van der Waals surface area contributed by atoms with Crippen LogP contribution >= 0.6 is 0 Å². The summed E-state index contributed by atoms with van der Waals surface area (Å²) in [4.78, 5) is 3.41. The lowest BCUT2D eigenvalue weighted by Crippen LogP contribution is -2.62. The van der Waals surface area contributed by atoms with Gasteiger partial charge in [0.2, 0.25) is 0 Å². The second-order valence-electron chi connectivity index (χ2n) is 27.7. The van der Waals surface area contributed by atoms with Gasteiger partial charge in [0, 0.05) is 0 Å². The normalized spacial score (nSPS) is 12.4. The third-order valence-electron chi connectivity index (χ3n) is 19.6. The van der Waals surface area contributed by atoms with Crippen molar-refractivity contribution >= 4 is 119 Å². The molecule has 12 aromatic rings. The van der Waals surface area contributed by atoms with Crippen molar-refractivity contribution in [3.05, 3.63) is 344 Å². The molecule has 0 spiro atoms. The second-order valence-corrected chi connectivity index (χ2v) is 27.7. The molecule has 12 aromatic carbocycles. The summed E-state index contributed by atoms with van der Waals surface area (Å²) >= 11 is 0. The van der Waals surface area contributed by atoms with Gasteiger partial charge in [-0.2, -0.15) is 10.5 Å². The van der Waals surface area contributed by atoms with Crippen LogP contribution in [0.3, 0.4) is 0 Å². The van der Waals surface area contributed by atoms with E-state index < -0.39 is 146 Å². The van der Waals surface area contributed by atoms with Crippen LogP contribution in [-0.4, -0.2) is 120 Å². The maximum atomic E-state index is 13.7. The van der Waals surface area contributed by atoms with Gasteiger partial charge in [-0.05, 0) is 264 Å². The molecule has 14 rings (SSSR count). The lowest BCUT2D eigenvalue weighted by Gasteiger charge is -2.33. The Labute approximate surface area is 711 Å². The molecule has 2 aliphatic heterocycles. The summed E-state index contributed by atoms with van der Waals surface area (Å²) in [6.07, 6.45) is 0. The van der Waals surface area contributed by atoms with Gasteiger partial charge in [0.05, 0.1) is 89.3 Å². The Morgan fingerprint density at radius 2 is 0.556 bits per heavy atom. The number of aliphatic hydroxyl groups is 9. The molecule has 2 fully saturated rings. The fraction of sp³-hybridized carbons (Fsp3) is 0.118. The van der Waals surface area contributed by atoms with E-state index in [9.17, 15) is 78.0 Å². The first-order valence-corrected chi connectivity index (χ1v) is 38.1. The number of aryl methyl sites for hydroxylation is 1. The summed E-state index contributed by atoms with van der Waals surface area (Å²) in [6, 6.07) is 62.0. The van der Waals surface area contributed by atoms with Crippen LogP contribution in [0.5, 0.6) is 34.5 Å². The number of rotatable bonds is 28. The van der Waals surface area contributed by atoms with Crippen molar-refractivity contribution < 1.29 is 129 Å². The lowest BCUT2D eigenvalue weighted by atomic mass is 9.59. The number of aliphatic hydroxyl groups excluding tert-OH is 9. The molecular weight excluding hydrogens is 1610 g/mol. The monoisotopic (exact) mass is 1680 g/mol. The zero-order valence-electron chi connectivity index (χ0n) is 65.7. The van der Waals surface area contributed by atoms with Gasteiger partial charge in [0.1, 0.15) is 63.6 Å². The molecule has 0 atom stereocenters. The van der Waals surface area contributed by atoms with Crippen LogP contribution in [-0.2, 0) is 96.0 Å². The molecule has 124 heavy (non-hydrogen) atoms. The van der Waals surface area contributed by atoms with Crippen molar-refractivity contribution in [3.63, 3.8) is 0 Å². The molecule has 25 nitrogen and oxygen atoms in total. The Morgan fingerprint density at radius 3 is 0.855 bits per heavy atom. The van der Waals surface area contributed by atoms with E-state index >= 15 is 0 Å². The molecule has 2 saturated heterocycles. The topological polar surface area (TPSA) is 376 Å². The number of ether oxygens (including phenoxy) is 3. The fourth-order valence-corrected chi connectivity index (χ4v) is 13.4. The van der Waals surface area contributed by atoms with E-state index in [-0.39, 0.29) is 50.8 Å². The van der Waals surface area contributed by atoms with E-state index in [1.165, 1.54) is 54.6 Å². The molecule has 0 aliphatic carbocycles. The minimum atomic E-state index is -1.80. The summed E-state index contributed by atoms with van der Waals surface area (Å²) in [5.41, 5.74) is 7.70. The zero-order chi connectivity index (χ0) is 88.1. The van der Waals surface area contributed by atoms with Gasteiger partial charge in [-0.1, -0.05) is 84.4 Å². The maximum absolute atomic E-state index is 13.7. The third kappa shape index (κ3) is 22.9. The van der Waals surface area contributed by atoms with Crippen LogP contribution in [0.15, 0.2) is 237 Å². The van der Waals surface area contributed by atoms with E-state index in [0.29, 0.717) is 106 Å². The highest BCUT2D eigenvalue weighted by molar-refractivity contribution is 6.88. The van der Waals surface area contributed by atoms with Crippen molar-refractivity contribution in [1.82, 2.24) is 0 Å². The average Bonchev–Trinajstić information content (AvgIpc) is 0.778. The summed E-state index contributed by atoms with van der Waals surface area (Å²) in [5, 5.41) is 129. The molecular formula is C85H71B9F5N3O22. The minimum Gasteiger partial charge on any atom is -0.457 e. The number of nitrogens with zero attached hydrogens (tertiary/aromatic N) is 3. The van der Waals surface area contributed by atoms with Gasteiger partial charge in [-0.3, -0.25) is 0 Å². The molecule has 0 saturated carbocycles. The fourth-order valence-electron chi connectivity index (χ4n) is 13.4. The van der Waals surface area contributed by atoms with E-state index in [1.54, 1.807) is 140 Å². The van der Waals surface area contributed by atoms with Crippen LogP contribution in [0.4, 0.5) is 27.6 Å². The summed E-state index contributed by atoms with van der Waals surface area (Å²) < 4.78 is 135. The molecule has 0 radical (unpaired) electrons. The van der Waals surface area contributed by atoms with Gasteiger partial charge in [0.15, 0.2) is 5.69 Å². The standard InChI is InChI=1S/C42H30B3N3O9.C22H21B3F2O6.C21H20B3F3O7/c1-48-33-6-12-36(13-7-33)54-39-16-19-42(32(22-39)27-51)45-56-43(40-17-14-37(20-30(40)25-49)52-34-8-2-28(23-46)3-9-34)55-44(57-45)41-18-15-38(21-31(41)26-50)53-35-10-4-29(24-47)5-11-35;1-14-2-5-20(15(8-14)11-28)23-31-24(21-6-3-18(26)9-16(21)12-29)33-25(32-23)22-7-4-19(27)10-17(22)13-30;25-16-1-4-19(13(7-16)10-28)22(31)33-24(21-6-3-18(27)9-15(21)12-30)34-23(32)20-5-2-17(26)8-14(20)11-29/h2-22,49-51H,25-27H2;2-10,28-30H,11-13H2,1H3;1-9,28-32H,10-12H2. The molecule has 39 heteroatoms. The van der Waals surface area contributed by atoms with E-state index in [1.807, 2.05) is 13.0 Å².